The van der Waals surface area contributed by atoms with Crippen LogP contribution in [-0.2, 0) is 9.47 Å². The van der Waals surface area contributed by atoms with Gasteiger partial charge in [0.15, 0.2) is 6.29 Å². The smallest absolute Gasteiger partial charge is 0.179 e. The first-order valence-corrected chi connectivity index (χ1v) is 5.64. The number of nitrogens with one attached hydrogen (secondary N) is 2. The predicted octanol–water partition coefficient (Wildman–Crippen LogP) is 0.467. The van der Waals surface area contributed by atoms with Crippen LogP contribution in [0.2, 0.25) is 0 Å². The van der Waals surface area contributed by atoms with Gasteiger partial charge < -0.3 is 14.9 Å². The van der Waals surface area contributed by atoms with Crippen LogP contribution in [-0.4, -0.2) is 30.1 Å². The lowest BCUT2D eigenvalue weighted by Gasteiger charge is -2.33. The first-order chi connectivity index (χ1) is 7.36. The van der Waals surface area contributed by atoms with Gasteiger partial charge in [-0.05, 0) is 19.3 Å². The molecule has 0 amide bonds. The molecule has 5 heteroatoms. The number of hydrogen-bond donors (Lipinski definition) is 2. The lowest BCUT2D eigenvalue weighted by Crippen LogP contribution is -2.50. The highest BCUT2D eigenvalue weighted by atomic mass is 16.7. The Bertz CT molecular complexity index is 282. The average Bonchev–Trinajstić information content (AvgIpc) is 2.87. The van der Waals surface area contributed by atoms with Crippen molar-refractivity contribution in [3.63, 3.8) is 0 Å². The van der Waals surface area contributed by atoms with E-state index in [-0.39, 0.29) is 6.29 Å². The Labute approximate surface area is 89.3 Å². The van der Waals surface area contributed by atoms with Crippen molar-refractivity contribution < 1.29 is 9.47 Å². The summed E-state index contributed by atoms with van der Waals surface area (Å²) in [6, 6.07) is 0.292. The Balaban J connectivity index is 1.69. The summed E-state index contributed by atoms with van der Waals surface area (Å²) in [6.07, 6.45) is 5.59. The van der Waals surface area contributed by atoms with E-state index < -0.39 is 0 Å². The summed E-state index contributed by atoms with van der Waals surface area (Å²) < 4.78 is 11.3. The van der Waals surface area contributed by atoms with Crippen LogP contribution in [0.5, 0.6) is 0 Å². The Morgan fingerprint density at radius 1 is 1.53 bits per heavy atom. The number of hydrogen-bond acceptors (Lipinski definition) is 5. The van der Waals surface area contributed by atoms with Crippen LogP contribution >= 0.6 is 0 Å². The number of nitrogens with zero attached hydrogens (tertiary/aromatic N) is 1. The van der Waals surface area contributed by atoms with Gasteiger partial charge >= 0.3 is 0 Å². The second-order valence-corrected chi connectivity index (χ2v) is 4.26. The van der Waals surface area contributed by atoms with Crippen molar-refractivity contribution in [2.75, 3.05) is 6.61 Å². The highest BCUT2D eigenvalue weighted by Gasteiger charge is 2.41. The molecule has 3 rings (SSSR count). The van der Waals surface area contributed by atoms with Crippen LogP contribution in [0.4, 0.5) is 0 Å². The molecule has 2 saturated heterocycles. The van der Waals surface area contributed by atoms with E-state index >= 15 is 0 Å². The highest BCUT2D eigenvalue weighted by molar-refractivity contribution is 5.03. The van der Waals surface area contributed by atoms with E-state index in [1.807, 2.05) is 0 Å². The minimum Gasteiger partial charge on any atom is -0.348 e. The molecule has 84 valence electrons. The minimum atomic E-state index is -0.0643. The van der Waals surface area contributed by atoms with Crippen molar-refractivity contribution in [3.8, 4) is 0 Å². The zero-order valence-corrected chi connectivity index (χ0v) is 8.90. The number of rotatable bonds is 2. The predicted molar refractivity (Wildman–Crippen MR) is 54.1 cm³/mol. The monoisotopic (exact) mass is 211 g/mol. The van der Waals surface area contributed by atoms with E-state index in [2.05, 4.69) is 29.1 Å². The Kier molecular flexibility index (Phi) is 2.31. The van der Waals surface area contributed by atoms with Gasteiger partial charge in [-0.3, -0.25) is 5.01 Å². The molecule has 0 aromatic heterocycles. The third kappa shape index (κ3) is 1.60. The maximum absolute atomic E-state index is 5.73. The van der Waals surface area contributed by atoms with Gasteiger partial charge in [-0.1, -0.05) is 6.92 Å². The fourth-order valence-electron chi connectivity index (χ4n) is 2.31. The molecule has 0 aliphatic carbocycles. The van der Waals surface area contributed by atoms with Gasteiger partial charge in [0.2, 0.25) is 0 Å². The summed E-state index contributed by atoms with van der Waals surface area (Å²) in [5.41, 5.74) is 7.48. The second kappa shape index (κ2) is 3.66. The van der Waals surface area contributed by atoms with E-state index in [4.69, 9.17) is 9.47 Å². The third-order valence-corrected chi connectivity index (χ3v) is 3.25. The van der Waals surface area contributed by atoms with Crippen molar-refractivity contribution in [1.29, 1.82) is 0 Å². The molecule has 15 heavy (non-hydrogen) atoms. The average molecular weight is 211 g/mol. The van der Waals surface area contributed by atoms with Gasteiger partial charge in [0, 0.05) is 11.9 Å². The molecular weight excluding hydrogens is 194 g/mol. The number of allylic oxidation sites excluding steroid dienone is 1. The maximum Gasteiger partial charge on any atom is 0.179 e. The molecule has 3 aliphatic heterocycles. The molecule has 0 aromatic rings. The first kappa shape index (κ1) is 9.45. The Morgan fingerprint density at radius 3 is 3.27 bits per heavy atom. The van der Waals surface area contributed by atoms with E-state index in [9.17, 15) is 0 Å². The summed E-state index contributed by atoms with van der Waals surface area (Å²) in [6.45, 7) is 2.89. The molecule has 3 aliphatic rings. The second-order valence-electron chi connectivity index (χ2n) is 4.26. The van der Waals surface area contributed by atoms with E-state index in [0.717, 1.165) is 25.9 Å². The largest absolute Gasteiger partial charge is 0.348 e. The summed E-state index contributed by atoms with van der Waals surface area (Å²) in [4.78, 5) is 0. The van der Waals surface area contributed by atoms with Crippen LogP contribution in [0.3, 0.4) is 0 Å². The topological polar surface area (TPSA) is 45.8 Å². The number of ether oxygens (including phenoxy) is 2. The van der Waals surface area contributed by atoms with Crippen molar-refractivity contribution in [1.82, 2.24) is 16.0 Å². The molecular formula is C10H17N3O2. The molecule has 0 spiro atoms. The normalized spacial score (nSPS) is 39.1. The Hall–Kier alpha value is -0.780. The third-order valence-electron chi connectivity index (χ3n) is 3.25. The van der Waals surface area contributed by atoms with Gasteiger partial charge in [-0.2, -0.15) is 0 Å². The van der Waals surface area contributed by atoms with Crippen molar-refractivity contribution in [2.45, 2.75) is 44.6 Å². The molecule has 2 N–H and O–H groups in total. The molecule has 2 bridgehead atoms. The molecule has 0 radical (unpaired) electrons. The van der Waals surface area contributed by atoms with Gasteiger partial charge in [-0.15, -0.1) is 5.53 Å². The lowest BCUT2D eigenvalue weighted by molar-refractivity contribution is -0.132. The zero-order chi connectivity index (χ0) is 10.3. The summed E-state index contributed by atoms with van der Waals surface area (Å²) in [7, 11) is 0. The number of fused-ring (bicyclic) bond motifs is 2. The summed E-state index contributed by atoms with van der Waals surface area (Å²) in [5, 5.41) is 2.07. The quantitative estimate of drug-likeness (QED) is 0.695. The van der Waals surface area contributed by atoms with Crippen LogP contribution in [0.15, 0.2) is 11.9 Å². The maximum atomic E-state index is 5.73. The van der Waals surface area contributed by atoms with Crippen molar-refractivity contribution in [3.05, 3.63) is 11.9 Å². The van der Waals surface area contributed by atoms with Crippen LogP contribution in [0.1, 0.15) is 26.2 Å². The van der Waals surface area contributed by atoms with Crippen molar-refractivity contribution in [2.24, 2.45) is 0 Å². The molecule has 0 aromatic carbocycles. The van der Waals surface area contributed by atoms with Crippen LogP contribution in [0, 0.1) is 0 Å². The standard InChI is InChI=1S/C10H17N3O2/c1-2-7-5-13(12-11-7)9-4-3-8-6-14-10(9)15-8/h5,8-12H,2-4,6H2,1H3. The SMILES string of the molecule is CCC1=CN(C2CCC3COC2O3)NN1. The van der Waals surface area contributed by atoms with E-state index in [0.29, 0.717) is 12.1 Å². The molecule has 0 saturated carbocycles. The van der Waals surface area contributed by atoms with E-state index in [1.54, 1.807) is 0 Å². The van der Waals surface area contributed by atoms with Crippen LogP contribution in [0.25, 0.3) is 0 Å². The van der Waals surface area contributed by atoms with Crippen LogP contribution < -0.4 is 11.0 Å². The van der Waals surface area contributed by atoms with Gasteiger partial charge in [0.05, 0.1) is 18.8 Å². The van der Waals surface area contributed by atoms with Gasteiger partial charge in [-0.25, -0.2) is 0 Å². The fourth-order valence-corrected chi connectivity index (χ4v) is 2.31. The molecule has 2 fully saturated rings. The number of hydrazine groups is 2. The highest BCUT2D eigenvalue weighted by Crippen LogP contribution is 2.30. The molecule has 3 unspecified atom stereocenters. The van der Waals surface area contributed by atoms with Gasteiger partial charge in [0.25, 0.3) is 0 Å². The molecule has 3 heterocycles. The summed E-state index contributed by atoms with van der Waals surface area (Å²) in [5.74, 6) is 0. The molecule has 5 nitrogen and oxygen atoms in total. The first-order valence-electron chi connectivity index (χ1n) is 5.64. The zero-order valence-electron chi connectivity index (χ0n) is 8.90. The lowest BCUT2D eigenvalue weighted by atomic mass is 10.1. The fraction of sp³-hybridized carbons (Fsp3) is 0.800. The van der Waals surface area contributed by atoms with Gasteiger partial charge in [0.1, 0.15) is 0 Å². The van der Waals surface area contributed by atoms with Crippen molar-refractivity contribution >= 4 is 0 Å². The molecule has 3 atom stereocenters. The summed E-state index contributed by atoms with van der Waals surface area (Å²) >= 11 is 0. The Morgan fingerprint density at radius 2 is 2.47 bits per heavy atom. The van der Waals surface area contributed by atoms with E-state index in [1.165, 1.54) is 5.70 Å². The minimum absolute atomic E-state index is 0.0643.